The van der Waals surface area contributed by atoms with Gasteiger partial charge in [-0.15, -0.1) is 11.3 Å². The lowest BCUT2D eigenvalue weighted by Gasteiger charge is -2.12. The predicted octanol–water partition coefficient (Wildman–Crippen LogP) is 3.75. The summed E-state index contributed by atoms with van der Waals surface area (Å²) in [6, 6.07) is 7.67. The average Bonchev–Trinajstić information content (AvgIpc) is 3.08. The molecule has 0 spiro atoms. The molecule has 1 aliphatic carbocycles. The van der Waals surface area contributed by atoms with Crippen LogP contribution in [-0.2, 0) is 6.18 Å². The van der Waals surface area contributed by atoms with Crippen molar-refractivity contribution in [2.75, 3.05) is 0 Å². The van der Waals surface area contributed by atoms with Crippen LogP contribution in [0.4, 0.5) is 13.2 Å². The first-order chi connectivity index (χ1) is 11.3. The van der Waals surface area contributed by atoms with Gasteiger partial charge in [0.05, 0.1) is 10.4 Å². The van der Waals surface area contributed by atoms with Crippen molar-refractivity contribution in [1.29, 1.82) is 0 Å². The third-order valence-electron chi connectivity index (χ3n) is 3.81. The SMILES string of the molecule is O=C(O)c1ccc(C(=O)NC2CC2c2ccccc2C(F)(F)F)s1. The molecule has 0 aliphatic heterocycles. The Morgan fingerprint density at radius 1 is 1.12 bits per heavy atom. The largest absolute Gasteiger partial charge is 0.477 e. The number of alkyl halides is 3. The molecule has 0 saturated heterocycles. The summed E-state index contributed by atoms with van der Waals surface area (Å²) in [5.74, 6) is -1.97. The molecule has 0 bridgehead atoms. The number of carbonyl (C=O) groups excluding carboxylic acids is 1. The topological polar surface area (TPSA) is 66.4 Å². The van der Waals surface area contributed by atoms with Crippen LogP contribution in [0.2, 0.25) is 0 Å². The van der Waals surface area contributed by atoms with Gasteiger partial charge < -0.3 is 10.4 Å². The van der Waals surface area contributed by atoms with E-state index in [2.05, 4.69) is 5.32 Å². The lowest BCUT2D eigenvalue weighted by molar-refractivity contribution is -0.138. The Labute approximate surface area is 138 Å². The van der Waals surface area contributed by atoms with Gasteiger partial charge in [0.25, 0.3) is 5.91 Å². The maximum Gasteiger partial charge on any atom is 0.416 e. The van der Waals surface area contributed by atoms with Crippen LogP contribution < -0.4 is 5.32 Å². The van der Waals surface area contributed by atoms with Crippen molar-refractivity contribution in [2.45, 2.75) is 24.6 Å². The van der Waals surface area contributed by atoms with Gasteiger partial charge in [-0.1, -0.05) is 18.2 Å². The number of nitrogens with one attached hydrogen (secondary N) is 1. The summed E-state index contributed by atoms with van der Waals surface area (Å²) in [5.41, 5.74) is -0.510. The Morgan fingerprint density at radius 3 is 2.42 bits per heavy atom. The number of thiophene rings is 1. The van der Waals surface area contributed by atoms with E-state index in [1.165, 1.54) is 24.3 Å². The summed E-state index contributed by atoms with van der Waals surface area (Å²) in [4.78, 5) is 23.1. The van der Waals surface area contributed by atoms with Gasteiger partial charge in [-0.05, 0) is 30.2 Å². The van der Waals surface area contributed by atoms with Gasteiger partial charge in [0.1, 0.15) is 4.88 Å². The molecular formula is C16H12F3NO3S. The van der Waals surface area contributed by atoms with E-state index in [1.807, 2.05) is 0 Å². The molecule has 1 aromatic heterocycles. The van der Waals surface area contributed by atoms with Crippen molar-refractivity contribution in [3.63, 3.8) is 0 Å². The summed E-state index contributed by atoms with van der Waals surface area (Å²) in [6.07, 6.45) is -4.01. The highest BCUT2D eigenvalue weighted by Crippen LogP contribution is 2.46. The highest BCUT2D eigenvalue weighted by molar-refractivity contribution is 7.15. The molecule has 2 N–H and O–H groups in total. The number of carboxylic acids is 1. The highest BCUT2D eigenvalue weighted by Gasteiger charge is 2.45. The molecule has 1 fully saturated rings. The molecule has 1 saturated carbocycles. The van der Waals surface area contributed by atoms with E-state index < -0.39 is 23.6 Å². The summed E-state index contributed by atoms with van der Waals surface area (Å²) in [5, 5.41) is 11.5. The van der Waals surface area contributed by atoms with Gasteiger partial charge in [-0.3, -0.25) is 4.79 Å². The molecule has 1 amide bonds. The van der Waals surface area contributed by atoms with E-state index in [4.69, 9.17) is 5.11 Å². The molecule has 126 valence electrons. The van der Waals surface area contributed by atoms with Crippen LogP contribution in [0.3, 0.4) is 0 Å². The van der Waals surface area contributed by atoms with Crippen molar-refractivity contribution < 1.29 is 27.9 Å². The monoisotopic (exact) mass is 355 g/mol. The van der Waals surface area contributed by atoms with Crippen LogP contribution in [0.15, 0.2) is 36.4 Å². The quantitative estimate of drug-likeness (QED) is 0.878. The number of aromatic carboxylic acids is 1. The maximum atomic E-state index is 13.0. The van der Waals surface area contributed by atoms with E-state index in [1.54, 1.807) is 6.07 Å². The number of carbonyl (C=O) groups is 2. The first-order valence-corrected chi connectivity index (χ1v) is 7.89. The van der Waals surface area contributed by atoms with Crippen LogP contribution in [0.1, 0.15) is 42.8 Å². The molecule has 3 rings (SSSR count). The number of benzene rings is 1. The van der Waals surface area contributed by atoms with Crippen LogP contribution in [-0.4, -0.2) is 23.0 Å². The van der Waals surface area contributed by atoms with Crippen molar-refractivity contribution in [1.82, 2.24) is 5.32 Å². The molecule has 8 heteroatoms. The number of carboxylic acid groups (broad SMARTS) is 1. The lowest BCUT2D eigenvalue weighted by Crippen LogP contribution is -2.26. The van der Waals surface area contributed by atoms with Crippen molar-refractivity contribution in [3.8, 4) is 0 Å². The van der Waals surface area contributed by atoms with E-state index in [-0.39, 0.29) is 27.3 Å². The Hall–Kier alpha value is -2.35. The predicted molar refractivity (Wildman–Crippen MR) is 81.3 cm³/mol. The van der Waals surface area contributed by atoms with Gasteiger partial charge in [-0.25, -0.2) is 4.79 Å². The lowest BCUT2D eigenvalue weighted by atomic mass is 10.0. The second-order valence-corrected chi connectivity index (χ2v) is 6.56. The first kappa shape index (κ1) is 16.5. The first-order valence-electron chi connectivity index (χ1n) is 7.07. The van der Waals surface area contributed by atoms with E-state index in [9.17, 15) is 22.8 Å². The normalized spacial score (nSPS) is 19.8. The number of rotatable bonds is 4. The van der Waals surface area contributed by atoms with E-state index in [0.29, 0.717) is 6.42 Å². The van der Waals surface area contributed by atoms with Gasteiger partial charge in [0.15, 0.2) is 0 Å². The minimum absolute atomic E-state index is 0.0370. The Balaban J connectivity index is 1.70. The molecule has 0 radical (unpaired) electrons. The van der Waals surface area contributed by atoms with Crippen molar-refractivity contribution in [3.05, 3.63) is 57.3 Å². The Morgan fingerprint density at radius 2 is 1.79 bits per heavy atom. The van der Waals surface area contributed by atoms with Crippen LogP contribution in [0.5, 0.6) is 0 Å². The molecule has 2 unspecified atom stereocenters. The third kappa shape index (κ3) is 3.28. The standard InChI is InChI=1S/C16H12F3NO3S/c17-16(18,19)10-4-2-1-3-8(10)9-7-11(9)20-14(21)12-5-6-13(24-12)15(22)23/h1-6,9,11H,7H2,(H,20,21)(H,22,23). The number of amides is 1. The van der Waals surface area contributed by atoms with Crippen LogP contribution in [0.25, 0.3) is 0 Å². The number of halogens is 3. The summed E-state index contributed by atoms with van der Waals surface area (Å²) in [6.45, 7) is 0. The zero-order valence-electron chi connectivity index (χ0n) is 12.1. The van der Waals surface area contributed by atoms with Crippen molar-refractivity contribution in [2.24, 2.45) is 0 Å². The summed E-state index contributed by atoms with van der Waals surface area (Å²) in [7, 11) is 0. The van der Waals surface area contributed by atoms with Crippen LogP contribution in [0, 0.1) is 0 Å². The molecule has 4 nitrogen and oxygen atoms in total. The Kier molecular flexibility index (Phi) is 4.08. The fourth-order valence-corrected chi connectivity index (χ4v) is 3.34. The second-order valence-electron chi connectivity index (χ2n) is 5.48. The zero-order chi connectivity index (χ0) is 17.5. The molecule has 1 aliphatic rings. The van der Waals surface area contributed by atoms with Gasteiger partial charge in [0.2, 0.25) is 0 Å². The minimum Gasteiger partial charge on any atom is -0.477 e. The second kappa shape index (κ2) is 5.94. The average molecular weight is 355 g/mol. The zero-order valence-corrected chi connectivity index (χ0v) is 12.9. The molecule has 1 heterocycles. The van der Waals surface area contributed by atoms with Gasteiger partial charge >= 0.3 is 12.1 Å². The summed E-state index contributed by atoms with van der Waals surface area (Å²) < 4.78 is 39.1. The summed E-state index contributed by atoms with van der Waals surface area (Å²) >= 11 is 0.832. The van der Waals surface area contributed by atoms with Gasteiger partial charge in [0, 0.05) is 12.0 Å². The fourth-order valence-electron chi connectivity index (χ4n) is 2.59. The minimum atomic E-state index is -4.43. The van der Waals surface area contributed by atoms with Crippen molar-refractivity contribution >= 4 is 23.2 Å². The third-order valence-corrected chi connectivity index (χ3v) is 4.89. The van der Waals surface area contributed by atoms with Crippen LogP contribution >= 0.6 is 11.3 Å². The molecule has 2 aromatic rings. The van der Waals surface area contributed by atoms with E-state index in [0.717, 1.165) is 17.4 Å². The van der Waals surface area contributed by atoms with E-state index >= 15 is 0 Å². The molecule has 2 atom stereocenters. The molecular weight excluding hydrogens is 343 g/mol. The number of hydrogen-bond acceptors (Lipinski definition) is 3. The highest BCUT2D eigenvalue weighted by atomic mass is 32.1. The smallest absolute Gasteiger partial charge is 0.416 e. The fraction of sp³-hybridized carbons (Fsp3) is 0.250. The Bertz CT molecular complexity index is 800. The maximum absolute atomic E-state index is 13.0. The number of hydrogen-bond donors (Lipinski definition) is 2. The van der Waals surface area contributed by atoms with Gasteiger partial charge in [-0.2, -0.15) is 13.2 Å². The molecule has 24 heavy (non-hydrogen) atoms. The molecule has 1 aromatic carbocycles.